The molecule has 0 saturated heterocycles. The van der Waals surface area contributed by atoms with Gasteiger partial charge in [-0.15, -0.1) is 0 Å². The van der Waals surface area contributed by atoms with Crippen LogP contribution >= 0.6 is 0 Å². The summed E-state index contributed by atoms with van der Waals surface area (Å²) in [5.41, 5.74) is 5.04. The largest absolute Gasteiger partial charge is 0.492 e. The molecule has 1 aromatic heterocycles. The Hall–Kier alpha value is -2.53. The normalized spacial score (nSPS) is 19.5. The van der Waals surface area contributed by atoms with Gasteiger partial charge in [-0.05, 0) is 44.4 Å². The van der Waals surface area contributed by atoms with Crippen molar-refractivity contribution in [2.24, 2.45) is 0 Å². The van der Waals surface area contributed by atoms with Gasteiger partial charge in [-0.1, -0.05) is 18.2 Å². The van der Waals surface area contributed by atoms with Gasteiger partial charge in [0.1, 0.15) is 6.61 Å². The molecule has 1 aromatic carbocycles. The van der Waals surface area contributed by atoms with E-state index >= 15 is 0 Å². The number of hydrogen-bond donors (Lipinski definition) is 1. The van der Waals surface area contributed by atoms with Crippen LogP contribution in [0.4, 0.5) is 0 Å². The number of aliphatic hydroxyl groups is 1. The van der Waals surface area contributed by atoms with Crippen LogP contribution in [0, 0.1) is 13.8 Å². The van der Waals surface area contributed by atoms with E-state index in [2.05, 4.69) is 0 Å². The van der Waals surface area contributed by atoms with Crippen molar-refractivity contribution >= 4 is 23.0 Å². The van der Waals surface area contributed by atoms with Crippen LogP contribution < -0.4 is 4.74 Å². The molecule has 5 heteroatoms. The number of furan rings is 1. The summed E-state index contributed by atoms with van der Waals surface area (Å²) in [4.78, 5) is 12.0. The summed E-state index contributed by atoms with van der Waals surface area (Å²) < 4.78 is 16.8. The molecular weight excluding hydrogens is 332 g/mol. The SMILES string of the molecule is C/C=C(/C)C(=O)OC[C@@H]1c2c(c(OC)c3occ(C)c3c2C)C=C[C@@H]1O. The van der Waals surface area contributed by atoms with E-state index in [0.29, 0.717) is 16.9 Å². The van der Waals surface area contributed by atoms with E-state index in [9.17, 15) is 9.90 Å². The van der Waals surface area contributed by atoms with Gasteiger partial charge in [-0.2, -0.15) is 0 Å². The molecule has 1 N–H and O–H groups in total. The highest BCUT2D eigenvalue weighted by atomic mass is 16.5. The molecule has 0 saturated carbocycles. The molecule has 5 nitrogen and oxygen atoms in total. The summed E-state index contributed by atoms with van der Waals surface area (Å²) >= 11 is 0. The van der Waals surface area contributed by atoms with Crippen molar-refractivity contribution in [2.75, 3.05) is 13.7 Å². The number of carbonyl (C=O) groups is 1. The molecule has 2 aromatic rings. The predicted molar refractivity (Wildman–Crippen MR) is 100 cm³/mol. The molecule has 0 aliphatic heterocycles. The molecule has 0 spiro atoms. The van der Waals surface area contributed by atoms with Crippen LogP contribution in [-0.2, 0) is 9.53 Å². The lowest BCUT2D eigenvalue weighted by molar-refractivity contribution is -0.140. The number of esters is 1. The molecule has 1 heterocycles. The minimum absolute atomic E-state index is 0.0922. The zero-order valence-corrected chi connectivity index (χ0v) is 15.8. The van der Waals surface area contributed by atoms with E-state index in [1.165, 1.54) is 0 Å². The first-order chi connectivity index (χ1) is 12.4. The molecular formula is C21H24O5. The van der Waals surface area contributed by atoms with Crippen LogP contribution in [0.3, 0.4) is 0 Å². The average Bonchev–Trinajstić information content (AvgIpc) is 3.02. The van der Waals surface area contributed by atoms with Crippen molar-refractivity contribution in [3.8, 4) is 5.75 Å². The Morgan fingerprint density at radius 2 is 2.12 bits per heavy atom. The molecule has 3 rings (SSSR count). The zero-order chi connectivity index (χ0) is 19.0. The number of ether oxygens (including phenoxy) is 2. The van der Waals surface area contributed by atoms with E-state index in [1.54, 1.807) is 39.4 Å². The lowest BCUT2D eigenvalue weighted by Crippen LogP contribution is -2.27. The van der Waals surface area contributed by atoms with Gasteiger partial charge >= 0.3 is 5.97 Å². The fraction of sp³-hybridized carbons (Fsp3) is 0.381. The highest BCUT2D eigenvalue weighted by molar-refractivity contribution is 5.95. The Balaban J connectivity index is 2.11. The number of hydrogen-bond acceptors (Lipinski definition) is 5. The molecule has 0 bridgehead atoms. The van der Waals surface area contributed by atoms with Crippen LogP contribution in [0.15, 0.2) is 28.4 Å². The monoisotopic (exact) mass is 356 g/mol. The number of methoxy groups -OCH3 is 1. The Labute approximate surface area is 152 Å². The van der Waals surface area contributed by atoms with Crippen molar-refractivity contribution in [3.05, 3.63) is 46.2 Å². The van der Waals surface area contributed by atoms with Crippen molar-refractivity contribution in [1.29, 1.82) is 0 Å². The summed E-state index contributed by atoms with van der Waals surface area (Å²) in [5.74, 6) is -0.102. The topological polar surface area (TPSA) is 68.9 Å². The lowest BCUT2D eigenvalue weighted by Gasteiger charge is -2.29. The fourth-order valence-electron chi connectivity index (χ4n) is 3.58. The maximum Gasteiger partial charge on any atom is 0.333 e. The van der Waals surface area contributed by atoms with Crippen molar-refractivity contribution in [1.82, 2.24) is 0 Å². The maximum atomic E-state index is 12.0. The van der Waals surface area contributed by atoms with E-state index in [-0.39, 0.29) is 18.5 Å². The first-order valence-electron chi connectivity index (χ1n) is 8.65. The van der Waals surface area contributed by atoms with Crippen LogP contribution in [0.1, 0.15) is 42.0 Å². The molecule has 1 aliphatic rings. The van der Waals surface area contributed by atoms with Crippen LogP contribution in [0.2, 0.25) is 0 Å². The Morgan fingerprint density at radius 1 is 1.38 bits per heavy atom. The second-order valence-electron chi connectivity index (χ2n) is 6.63. The van der Waals surface area contributed by atoms with E-state index < -0.39 is 6.10 Å². The van der Waals surface area contributed by atoms with Gasteiger partial charge in [0.25, 0.3) is 0 Å². The molecule has 2 atom stereocenters. The van der Waals surface area contributed by atoms with E-state index in [1.807, 2.05) is 19.9 Å². The fourth-order valence-corrected chi connectivity index (χ4v) is 3.58. The van der Waals surface area contributed by atoms with Gasteiger partial charge in [0, 0.05) is 22.4 Å². The molecule has 0 unspecified atom stereocenters. The van der Waals surface area contributed by atoms with Gasteiger partial charge in [-0.3, -0.25) is 0 Å². The van der Waals surface area contributed by atoms with Gasteiger partial charge in [0.15, 0.2) is 11.3 Å². The lowest BCUT2D eigenvalue weighted by atomic mass is 9.81. The summed E-state index contributed by atoms with van der Waals surface area (Å²) in [6.07, 6.45) is 6.22. The van der Waals surface area contributed by atoms with Gasteiger partial charge in [-0.25, -0.2) is 4.79 Å². The molecule has 0 fully saturated rings. The van der Waals surface area contributed by atoms with Gasteiger partial charge in [0.05, 0.1) is 19.5 Å². The van der Waals surface area contributed by atoms with Crippen LogP contribution in [0.25, 0.3) is 17.0 Å². The number of rotatable bonds is 4. The minimum atomic E-state index is -0.741. The van der Waals surface area contributed by atoms with Crippen LogP contribution in [-0.4, -0.2) is 30.9 Å². The van der Waals surface area contributed by atoms with Crippen molar-refractivity contribution in [2.45, 2.75) is 39.7 Å². The molecule has 1 aliphatic carbocycles. The molecule has 0 radical (unpaired) electrons. The summed E-state index contributed by atoms with van der Waals surface area (Å²) in [7, 11) is 1.60. The quantitative estimate of drug-likeness (QED) is 0.661. The third kappa shape index (κ3) is 2.82. The van der Waals surface area contributed by atoms with Gasteiger partial charge < -0.3 is 19.0 Å². The molecule has 0 amide bonds. The predicted octanol–water partition coefficient (Wildman–Crippen LogP) is 4.04. The third-order valence-electron chi connectivity index (χ3n) is 5.09. The number of benzene rings is 1. The number of carbonyl (C=O) groups excluding carboxylic acids is 1. The standard InChI is InChI=1S/C21H24O5/c1-6-11(2)21(23)26-10-15-16(22)8-7-14-18(15)13(4)17-12(3)9-25-20(17)19(14)24-5/h6-9,15-16,22H,10H2,1-5H3/b11-6-/t15-,16-/m0/s1. The van der Waals surface area contributed by atoms with E-state index in [4.69, 9.17) is 13.9 Å². The number of aliphatic hydroxyl groups excluding tert-OH is 1. The first-order valence-corrected chi connectivity index (χ1v) is 8.65. The third-order valence-corrected chi connectivity index (χ3v) is 5.09. The number of fused-ring (bicyclic) bond motifs is 2. The number of allylic oxidation sites excluding steroid dienone is 1. The zero-order valence-electron chi connectivity index (χ0n) is 15.8. The average molecular weight is 356 g/mol. The molecule has 26 heavy (non-hydrogen) atoms. The van der Waals surface area contributed by atoms with E-state index in [0.717, 1.165) is 27.6 Å². The maximum absolute atomic E-state index is 12.0. The van der Waals surface area contributed by atoms with Gasteiger partial charge in [0.2, 0.25) is 0 Å². The molecule has 138 valence electrons. The first kappa shape index (κ1) is 18.3. The summed E-state index contributed by atoms with van der Waals surface area (Å²) in [6, 6.07) is 0. The second kappa shape index (κ2) is 7.00. The Kier molecular flexibility index (Phi) is 4.92. The smallest absolute Gasteiger partial charge is 0.333 e. The summed E-state index contributed by atoms with van der Waals surface area (Å²) in [6.45, 7) is 7.57. The second-order valence-corrected chi connectivity index (χ2v) is 6.63. The van der Waals surface area contributed by atoms with Crippen molar-refractivity contribution in [3.63, 3.8) is 0 Å². The van der Waals surface area contributed by atoms with Crippen molar-refractivity contribution < 1.29 is 23.8 Å². The summed E-state index contributed by atoms with van der Waals surface area (Å²) in [5, 5.41) is 11.5. The highest BCUT2D eigenvalue weighted by Crippen LogP contribution is 2.45. The van der Waals surface area contributed by atoms with Crippen LogP contribution in [0.5, 0.6) is 5.75 Å². The minimum Gasteiger partial charge on any atom is -0.492 e. The highest BCUT2D eigenvalue weighted by Gasteiger charge is 2.32. The Morgan fingerprint density at radius 3 is 2.77 bits per heavy atom. The Bertz CT molecular complexity index is 916. The number of aryl methyl sites for hydroxylation is 2.